The smallest absolute Gasteiger partial charge is 0.409 e. The predicted octanol–water partition coefficient (Wildman–Crippen LogP) is 3.70. The van der Waals surface area contributed by atoms with Crippen molar-refractivity contribution >= 4 is 17.7 Å². The first-order valence-corrected chi connectivity index (χ1v) is 11.4. The number of carbonyl (C=O) groups is 2. The number of amides is 1. The zero-order valence-electron chi connectivity index (χ0n) is 19.8. The Morgan fingerprint density at radius 3 is 2.66 bits per heavy atom. The van der Waals surface area contributed by atoms with E-state index in [4.69, 9.17) is 14.2 Å². The Kier molecular flexibility index (Phi) is 7.30. The average molecular weight is 488 g/mol. The number of nitrogens with zero attached hydrogens (tertiary/aromatic N) is 3. The molecule has 1 aliphatic heterocycles. The Labute approximate surface area is 201 Å². The number of aryl methyl sites for hydroxylation is 1. The molecule has 1 atom stereocenters. The topological polar surface area (TPSA) is 82.4 Å². The summed E-state index contributed by atoms with van der Waals surface area (Å²) >= 11 is 0. The molecule has 0 aliphatic carbocycles. The van der Waals surface area contributed by atoms with Gasteiger partial charge in [0, 0.05) is 19.2 Å². The van der Waals surface area contributed by atoms with Crippen LogP contribution in [0.25, 0.3) is 16.9 Å². The number of esters is 1. The van der Waals surface area contributed by atoms with Crippen molar-refractivity contribution < 1.29 is 32.6 Å². The summed E-state index contributed by atoms with van der Waals surface area (Å²) in [5, 5.41) is 0. The molecule has 0 N–H and O–H groups in total. The molecule has 1 aliphatic rings. The average Bonchev–Trinajstić information content (AvgIpc) is 3.15. The van der Waals surface area contributed by atoms with Crippen LogP contribution in [0.15, 0.2) is 30.5 Å². The van der Waals surface area contributed by atoms with Crippen LogP contribution in [-0.4, -0.2) is 65.9 Å². The normalized spacial score (nSPS) is 15.9. The Balaban J connectivity index is 1.73. The molecule has 1 saturated heterocycles. The van der Waals surface area contributed by atoms with E-state index in [-0.39, 0.29) is 42.8 Å². The number of halogens is 2. The summed E-state index contributed by atoms with van der Waals surface area (Å²) in [7, 11) is 1.31. The van der Waals surface area contributed by atoms with Crippen molar-refractivity contribution in [2.24, 2.45) is 0 Å². The minimum Gasteiger partial charge on any atom is -0.466 e. The van der Waals surface area contributed by atoms with Crippen LogP contribution in [0.1, 0.15) is 23.7 Å². The Morgan fingerprint density at radius 1 is 1.23 bits per heavy atom. The molecule has 3 heterocycles. The van der Waals surface area contributed by atoms with E-state index in [2.05, 4.69) is 4.98 Å². The number of methoxy groups -OCH3 is 1. The number of morpholine rings is 1. The van der Waals surface area contributed by atoms with Crippen molar-refractivity contribution in [1.82, 2.24) is 14.3 Å². The van der Waals surface area contributed by atoms with Crippen LogP contribution in [0.4, 0.5) is 13.6 Å². The van der Waals surface area contributed by atoms with E-state index in [1.807, 2.05) is 19.1 Å². The Bertz CT molecular complexity index is 1240. The van der Waals surface area contributed by atoms with Crippen LogP contribution in [0.2, 0.25) is 0 Å². The summed E-state index contributed by atoms with van der Waals surface area (Å²) in [5.41, 5.74) is 2.06. The summed E-state index contributed by atoms with van der Waals surface area (Å²) in [6.07, 6.45) is 0.940. The van der Waals surface area contributed by atoms with Crippen LogP contribution in [0, 0.1) is 18.6 Å². The maximum atomic E-state index is 15.3. The van der Waals surface area contributed by atoms with Crippen LogP contribution < -0.4 is 0 Å². The lowest BCUT2D eigenvalue weighted by Crippen LogP contribution is -2.46. The lowest BCUT2D eigenvalue weighted by Gasteiger charge is -2.32. The third kappa shape index (κ3) is 5.27. The van der Waals surface area contributed by atoms with Gasteiger partial charge in [-0.3, -0.25) is 4.79 Å². The van der Waals surface area contributed by atoms with Crippen molar-refractivity contribution in [1.29, 1.82) is 0 Å². The first-order valence-electron chi connectivity index (χ1n) is 11.4. The van der Waals surface area contributed by atoms with Crippen molar-refractivity contribution in [3.05, 3.63) is 58.9 Å². The fraction of sp³-hybridized carbons (Fsp3) is 0.400. The molecule has 0 spiro atoms. The third-order valence-corrected chi connectivity index (χ3v) is 5.87. The second-order valence-electron chi connectivity index (χ2n) is 8.37. The highest BCUT2D eigenvalue weighted by Gasteiger charge is 2.29. The molecule has 1 fully saturated rings. The maximum Gasteiger partial charge on any atom is 0.409 e. The first-order chi connectivity index (χ1) is 16.8. The molecule has 8 nitrogen and oxygen atoms in total. The summed E-state index contributed by atoms with van der Waals surface area (Å²) < 4.78 is 47.9. The number of fused-ring (bicyclic) bond motifs is 1. The largest absolute Gasteiger partial charge is 0.466 e. The number of imidazole rings is 1. The van der Waals surface area contributed by atoms with Crippen molar-refractivity contribution in [2.45, 2.75) is 32.8 Å². The summed E-state index contributed by atoms with van der Waals surface area (Å²) in [4.78, 5) is 29.9. The molecule has 186 valence electrons. The van der Waals surface area contributed by atoms with Gasteiger partial charge in [-0.1, -0.05) is 0 Å². The van der Waals surface area contributed by atoms with Gasteiger partial charge in [0.1, 0.15) is 17.3 Å². The van der Waals surface area contributed by atoms with Gasteiger partial charge in [-0.25, -0.2) is 18.6 Å². The van der Waals surface area contributed by atoms with Crippen molar-refractivity contribution in [2.75, 3.05) is 33.4 Å². The monoisotopic (exact) mass is 487 g/mol. The SMILES string of the molecule is CCOC(=O)Cc1cc(F)c(-c2nc3cc(C)ccn3c2C[C@H]2CN(C(=O)OC)CCO2)c(F)c1. The summed E-state index contributed by atoms with van der Waals surface area (Å²) in [6, 6.07) is 5.95. The molecule has 4 rings (SSSR count). The molecule has 1 amide bonds. The Morgan fingerprint density at radius 2 is 1.97 bits per heavy atom. The number of carbonyl (C=O) groups excluding carboxylic acids is 2. The molecule has 0 unspecified atom stereocenters. The van der Waals surface area contributed by atoms with Gasteiger partial charge in [0.25, 0.3) is 0 Å². The predicted molar refractivity (Wildman–Crippen MR) is 123 cm³/mol. The number of aromatic nitrogens is 2. The molecule has 35 heavy (non-hydrogen) atoms. The highest BCUT2D eigenvalue weighted by Crippen LogP contribution is 2.32. The zero-order chi connectivity index (χ0) is 25.1. The zero-order valence-corrected chi connectivity index (χ0v) is 19.8. The minimum atomic E-state index is -0.827. The summed E-state index contributed by atoms with van der Waals surface area (Å²) in [5.74, 6) is -2.22. The van der Waals surface area contributed by atoms with E-state index in [0.29, 0.717) is 24.5 Å². The minimum absolute atomic E-state index is 0.145. The van der Waals surface area contributed by atoms with Gasteiger partial charge in [-0.2, -0.15) is 0 Å². The summed E-state index contributed by atoms with van der Waals surface area (Å²) in [6.45, 7) is 4.73. The Hall–Kier alpha value is -3.53. The van der Waals surface area contributed by atoms with Crippen LogP contribution in [0.3, 0.4) is 0 Å². The highest BCUT2D eigenvalue weighted by atomic mass is 19.1. The van der Waals surface area contributed by atoms with Gasteiger partial charge < -0.3 is 23.5 Å². The van der Waals surface area contributed by atoms with Gasteiger partial charge in [-0.15, -0.1) is 0 Å². The number of rotatable bonds is 6. The van der Waals surface area contributed by atoms with Gasteiger partial charge in [0.2, 0.25) is 0 Å². The third-order valence-electron chi connectivity index (χ3n) is 5.87. The van der Waals surface area contributed by atoms with E-state index in [9.17, 15) is 9.59 Å². The van der Waals surface area contributed by atoms with Crippen molar-refractivity contribution in [3.8, 4) is 11.3 Å². The molecule has 0 saturated carbocycles. The molecule has 0 bridgehead atoms. The standard InChI is InChI=1S/C25H27F2N3O5/c1-4-34-22(31)12-16-10-18(26)23(19(27)11-16)24-20(30-6-5-15(2)9-21(30)28-24)13-17-14-29(7-8-35-17)25(32)33-3/h5-6,9-11,17H,4,7-8,12-14H2,1-3H3/t17-/m0/s1. The number of benzene rings is 1. The quantitative estimate of drug-likeness (QED) is 0.493. The van der Waals surface area contributed by atoms with Crippen LogP contribution >= 0.6 is 0 Å². The van der Waals surface area contributed by atoms with Gasteiger partial charge in [-0.05, 0) is 49.2 Å². The highest BCUT2D eigenvalue weighted by molar-refractivity contribution is 5.74. The van der Waals surface area contributed by atoms with E-state index >= 15 is 8.78 Å². The molecule has 10 heteroatoms. The molecular formula is C25H27F2N3O5. The number of ether oxygens (including phenoxy) is 3. The lowest BCUT2D eigenvalue weighted by atomic mass is 10.0. The van der Waals surface area contributed by atoms with E-state index in [1.54, 1.807) is 17.5 Å². The number of hydrogen-bond donors (Lipinski definition) is 0. The second-order valence-corrected chi connectivity index (χ2v) is 8.37. The molecule has 1 aromatic carbocycles. The van der Waals surface area contributed by atoms with E-state index in [1.165, 1.54) is 12.0 Å². The molecule has 2 aromatic heterocycles. The van der Waals surface area contributed by atoms with Gasteiger partial charge >= 0.3 is 12.1 Å². The molecule has 3 aromatic rings. The number of pyridine rings is 1. The maximum absolute atomic E-state index is 15.3. The van der Waals surface area contributed by atoms with Crippen molar-refractivity contribution in [3.63, 3.8) is 0 Å². The van der Waals surface area contributed by atoms with E-state index < -0.39 is 29.8 Å². The van der Waals surface area contributed by atoms with Crippen LogP contribution in [0.5, 0.6) is 0 Å². The van der Waals surface area contributed by atoms with E-state index in [0.717, 1.165) is 17.7 Å². The van der Waals surface area contributed by atoms with Gasteiger partial charge in [0.05, 0.1) is 56.3 Å². The number of hydrogen-bond acceptors (Lipinski definition) is 6. The van der Waals surface area contributed by atoms with Crippen LogP contribution in [-0.2, 0) is 31.8 Å². The second kappa shape index (κ2) is 10.4. The fourth-order valence-corrected chi connectivity index (χ4v) is 4.28. The molecule has 0 radical (unpaired) electrons. The first kappa shape index (κ1) is 24.6. The van der Waals surface area contributed by atoms with Gasteiger partial charge in [0.15, 0.2) is 0 Å². The fourth-order valence-electron chi connectivity index (χ4n) is 4.28. The lowest BCUT2D eigenvalue weighted by molar-refractivity contribution is -0.142. The molecular weight excluding hydrogens is 460 g/mol.